The summed E-state index contributed by atoms with van der Waals surface area (Å²) in [5.74, 6) is 5.04. The Balaban J connectivity index is 0.00000280. The summed E-state index contributed by atoms with van der Waals surface area (Å²) in [7, 11) is 0. The molecule has 0 aliphatic carbocycles. The number of guanidine groups is 1. The third-order valence-electron chi connectivity index (χ3n) is 6.36. The van der Waals surface area contributed by atoms with Crippen molar-refractivity contribution in [3.63, 3.8) is 0 Å². The predicted octanol–water partition coefficient (Wildman–Crippen LogP) is 3.89. The molecular formula is C21H39IN6. The van der Waals surface area contributed by atoms with E-state index < -0.39 is 0 Å². The first-order chi connectivity index (χ1) is 13.3. The van der Waals surface area contributed by atoms with E-state index in [0.717, 1.165) is 69.2 Å². The van der Waals surface area contributed by atoms with Crippen molar-refractivity contribution in [2.75, 3.05) is 26.2 Å². The fourth-order valence-electron chi connectivity index (χ4n) is 4.74. The van der Waals surface area contributed by atoms with E-state index in [2.05, 4.69) is 45.8 Å². The molecule has 0 aromatic carbocycles. The summed E-state index contributed by atoms with van der Waals surface area (Å²) >= 11 is 0. The number of hydrogen-bond donors (Lipinski definition) is 1. The van der Waals surface area contributed by atoms with Gasteiger partial charge in [0.05, 0.1) is 0 Å². The van der Waals surface area contributed by atoms with Gasteiger partial charge < -0.3 is 14.8 Å². The number of aromatic nitrogens is 3. The van der Waals surface area contributed by atoms with Crippen LogP contribution in [0.15, 0.2) is 4.99 Å². The van der Waals surface area contributed by atoms with Gasteiger partial charge in [-0.3, -0.25) is 4.99 Å². The Morgan fingerprint density at radius 1 is 1.14 bits per heavy atom. The smallest absolute Gasteiger partial charge is 0.193 e. The van der Waals surface area contributed by atoms with Crippen LogP contribution in [0, 0.1) is 11.8 Å². The van der Waals surface area contributed by atoms with E-state index in [-0.39, 0.29) is 24.0 Å². The zero-order valence-electron chi connectivity index (χ0n) is 18.0. The SMILES string of the molecule is CCNC(=NCCc1nnc2n1CCCCC2)N1CCC(C(CC)CC)C1.I. The first kappa shape index (κ1) is 23.4. The maximum atomic E-state index is 4.94. The Morgan fingerprint density at radius 3 is 2.71 bits per heavy atom. The maximum absolute atomic E-state index is 4.94. The molecule has 0 spiro atoms. The maximum Gasteiger partial charge on any atom is 0.193 e. The molecule has 1 fully saturated rings. The Hall–Kier alpha value is -0.860. The van der Waals surface area contributed by atoms with Crippen LogP contribution in [0.3, 0.4) is 0 Å². The van der Waals surface area contributed by atoms with Crippen LogP contribution < -0.4 is 5.32 Å². The van der Waals surface area contributed by atoms with Gasteiger partial charge in [-0.25, -0.2) is 0 Å². The van der Waals surface area contributed by atoms with Crippen molar-refractivity contribution in [3.8, 4) is 0 Å². The molecule has 28 heavy (non-hydrogen) atoms. The minimum atomic E-state index is 0. The van der Waals surface area contributed by atoms with E-state index in [1.54, 1.807) is 0 Å². The van der Waals surface area contributed by atoms with Crippen LogP contribution in [0.5, 0.6) is 0 Å². The summed E-state index contributed by atoms with van der Waals surface area (Å²) in [6, 6.07) is 0. The summed E-state index contributed by atoms with van der Waals surface area (Å²) in [5, 5.41) is 12.4. The molecule has 2 aliphatic heterocycles. The van der Waals surface area contributed by atoms with Gasteiger partial charge in [0.1, 0.15) is 11.6 Å². The van der Waals surface area contributed by atoms with Crippen LogP contribution in [-0.2, 0) is 19.4 Å². The number of nitrogens with one attached hydrogen (secondary N) is 1. The van der Waals surface area contributed by atoms with Crippen molar-refractivity contribution in [2.45, 2.75) is 78.7 Å². The van der Waals surface area contributed by atoms with Gasteiger partial charge in [0.15, 0.2) is 5.96 Å². The first-order valence-electron chi connectivity index (χ1n) is 11.2. The van der Waals surface area contributed by atoms with Gasteiger partial charge in [-0.2, -0.15) is 0 Å². The molecular weight excluding hydrogens is 463 g/mol. The zero-order chi connectivity index (χ0) is 19.1. The first-order valence-corrected chi connectivity index (χ1v) is 11.2. The van der Waals surface area contributed by atoms with Crippen LogP contribution in [0.1, 0.15) is 70.9 Å². The molecule has 1 N–H and O–H groups in total. The number of halogens is 1. The summed E-state index contributed by atoms with van der Waals surface area (Å²) in [6.45, 7) is 11.9. The highest BCUT2D eigenvalue weighted by Crippen LogP contribution is 2.28. The van der Waals surface area contributed by atoms with Gasteiger partial charge in [0.25, 0.3) is 0 Å². The van der Waals surface area contributed by atoms with E-state index in [4.69, 9.17) is 4.99 Å². The molecule has 3 heterocycles. The highest BCUT2D eigenvalue weighted by molar-refractivity contribution is 14.0. The highest BCUT2D eigenvalue weighted by atomic mass is 127. The number of aryl methyl sites for hydroxylation is 1. The predicted molar refractivity (Wildman–Crippen MR) is 126 cm³/mol. The molecule has 6 nitrogen and oxygen atoms in total. The van der Waals surface area contributed by atoms with Gasteiger partial charge in [0, 0.05) is 45.6 Å². The molecule has 1 saturated heterocycles. The van der Waals surface area contributed by atoms with Crippen LogP contribution >= 0.6 is 24.0 Å². The van der Waals surface area contributed by atoms with E-state index in [0.29, 0.717) is 0 Å². The van der Waals surface area contributed by atoms with Gasteiger partial charge in [-0.05, 0) is 38.0 Å². The Labute approximate surface area is 188 Å². The topological polar surface area (TPSA) is 58.3 Å². The van der Waals surface area contributed by atoms with Gasteiger partial charge in [-0.1, -0.05) is 33.1 Å². The summed E-state index contributed by atoms with van der Waals surface area (Å²) in [4.78, 5) is 7.41. The molecule has 2 aliphatic rings. The van der Waals surface area contributed by atoms with E-state index in [1.807, 2.05) is 0 Å². The molecule has 7 heteroatoms. The quantitative estimate of drug-likeness (QED) is 0.349. The van der Waals surface area contributed by atoms with Gasteiger partial charge >= 0.3 is 0 Å². The van der Waals surface area contributed by atoms with E-state index >= 15 is 0 Å². The Bertz CT molecular complexity index is 610. The highest BCUT2D eigenvalue weighted by Gasteiger charge is 2.29. The number of nitrogens with zero attached hydrogens (tertiary/aromatic N) is 5. The van der Waals surface area contributed by atoms with E-state index in [9.17, 15) is 0 Å². The third kappa shape index (κ3) is 5.83. The van der Waals surface area contributed by atoms with Crippen LogP contribution in [0.25, 0.3) is 0 Å². The van der Waals surface area contributed by atoms with Crippen molar-refractivity contribution < 1.29 is 0 Å². The Morgan fingerprint density at radius 2 is 1.96 bits per heavy atom. The van der Waals surface area contributed by atoms with Crippen molar-refractivity contribution >= 4 is 29.9 Å². The van der Waals surface area contributed by atoms with Crippen molar-refractivity contribution in [3.05, 3.63) is 11.6 Å². The minimum absolute atomic E-state index is 0. The molecule has 0 bridgehead atoms. The minimum Gasteiger partial charge on any atom is -0.357 e. The molecule has 160 valence electrons. The van der Waals surface area contributed by atoms with Crippen molar-refractivity contribution in [1.82, 2.24) is 25.0 Å². The van der Waals surface area contributed by atoms with Gasteiger partial charge in [0.2, 0.25) is 0 Å². The second-order valence-electron chi connectivity index (χ2n) is 8.05. The zero-order valence-corrected chi connectivity index (χ0v) is 20.3. The van der Waals surface area contributed by atoms with Crippen LogP contribution in [-0.4, -0.2) is 51.8 Å². The number of hydrogen-bond acceptors (Lipinski definition) is 3. The lowest BCUT2D eigenvalue weighted by molar-refractivity contribution is 0.319. The third-order valence-corrected chi connectivity index (χ3v) is 6.36. The van der Waals surface area contributed by atoms with Crippen LogP contribution in [0.2, 0.25) is 0 Å². The Kier molecular flexibility index (Phi) is 10.0. The number of likely N-dealkylation sites (tertiary alicyclic amines) is 1. The second kappa shape index (κ2) is 12.0. The summed E-state index contributed by atoms with van der Waals surface area (Å²) < 4.78 is 2.34. The lowest BCUT2D eigenvalue weighted by Gasteiger charge is -2.24. The molecule has 0 amide bonds. The molecule has 0 radical (unpaired) electrons. The lowest BCUT2D eigenvalue weighted by Crippen LogP contribution is -2.40. The molecule has 1 unspecified atom stereocenters. The molecule has 1 atom stereocenters. The van der Waals surface area contributed by atoms with Crippen LogP contribution in [0.4, 0.5) is 0 Å². The number of fused-ring (bicyclic) bond motifs is 1. The molecule has 1 aromatic rings. The molecule has 1 aromatic heterocycles. The second-order valence-corrected chi connectivity index (χ2v) is 8.05. The standard InChI is InChI=1S/C21H38N6.HI/c1-4-17(5-2)18-12-15-26(16-18)21(22-6-3)23-13-11-20-25-24-19-10-8-7-9-14-27(19)20;/h17-18H,4-16H2,1-3H3,(H,22,23);1H. The number of aliphatic imine (C=N–C) groups is 1. The largest absolute Gasteiger partial charge is 0.357 e. The lowest BCUT2D eigenvalue weighted by atomic mass is 9.87. The summed E-state index contributed by atoms with van der Waals surface area (Å²) in [6.07, 6.45) is 9.63. The molecule has 0 saturated carbocycles. The fourth-order valence-corrected chi connectivity index (χ4v) is 4.74. The summed E-state index contributed by atoms with van der Waals surface area (Å²) in [5.41, 5.74) is 0. The average Bonchev–Trinajstić information content (AvgIpc) is 3.24. The number of rotatable bonds is 7. The van der Waals surface area contributed by atoms with Gasteiger partial charge in [-0.15, -0.1) is 34.2 Å². The van der Waals surface area contributed by atoms with Crippen molar-refractivity contribution in [1.29, 1.82) is 0 Å². The monoisotopic (exact) mass is 502 g/mol. The van der Waals surface area contributed by atoms with Crippen molar-refractivity contribution in [2.24, 2.45) is 16.8 Å². The fraction of sp³-hybridized carbons (Fsp3) is 0.857. The normalized spacial score (nSPS) is 20.1. The molecule has 3 rings (SSSR count). The van der Waals surface area contributed by atoms with E-state index in [1.165, 1.54) is 44.3 Å². The average molecular weight is 502 g/mol.